The molecular weight excluding hydrogens is 447 g/mol. The van der Waals surface area contributed by atoms with Gasteiger partial charge in [-0.15, -0.1) is 0 Å². The molecule has 0 aromatic carbocycles. The molecule has 0 rings (SSSR count). The molecule has 3 heteroatoms. The summed E-state index contributed by atoms with van der Waals surface area (Å²) in [7, 11) is -2.52. The van der Waals surface area contributed by atoms with Crippen LogP contribution in [-0.4, -0.2) is 18.9 Å². The minimum Gasteiger partial charge on any atom is -0.325 e. The van der Waals surface area contributed by atoms with Crippen LogP contribution in [0.3, 0.4) is 0 Å². The van der Waals surface area contributed by atoms with E-state index in [0.29, 0.717) is 0 Å². The highest BCUT2D eigenvalue weighted by molar-refractivity contribution is 7.58. The van der Waals surface area contributed by atoms with Crippen molar-refractivity contribution in [3.05, 3.63) is 0 Å². The largest absolute Gasteiger partial charge is 0.325 e. The number of hydrogen-bond donors (Lipinski definition) is 0. The standard InChI is InChI=1S/C32H67O2P/c1-6-10-14-18-22-26-31(25-21-17-13-9-4)29-30-35(5,33)34-32(27-23-19-15-11-7-2)28-24-20-16-12-8-3/h31-32H,6-30H2,1-5H3. The fourth-order valence-electron chi connectivity index (χ4n) is 5.32. The van der Waals surface area contributed by atoms with Gasteiger partial charge in [-0.2, -0.15) is 0 Å². The summed E-state index contributed by atoms with van der Waals surface area (Å²) in [5.74, 6) is 0.742. The topological polar surface area (TPSA) is 26.3 Å². The molecule has 0 radical (unpaired) electrons. The van der Waals surface area contributed by atoms with Crippen LogP contribution in [0.5, 0.6) is 0 Å². The van der Waals surface area contributed by atoms with Crippen molar-refractivity contribution in [3.8, 4) is 0 Å². The third-order valence-electron chi connectivity index (χ3n) is 7.76. The summed E-state index contributed by atoms with van der Waals surface area (Å²) in [6.07, 6.45) is 32.1. The van der Waals surface area contributed by atoms with Gasteiger partial charge in [-0.1, -0.05) is 163 Å². The lowest BCUT2D eigenvalue weighted by Gasteiger charge is -2.25. The van der Waals surface area contributed by atoms with Crippen molar-refractivity contribution >= 4 is 7.37 Å². The minimum atomic E-state index is -2.52. The smallest absolute Gasteiger partial charge is 0.200 e. The maximum absolute atomic E-state index is 13.6. The molecular formula is C32H67O2P. The molecule has 0 fully saturated rings. The van der Waals surface area contributed by atoms with E-state index in [4.69, 9.17) is 4.52 Å². The summed E-state index contributed by atoms with van der Waals surface area (Å²) in [6.45, 7) is 11.1. The molecule has 0 bridgehead atoms. The van der Waals surface area contributed by atoms with Crippen molar-refractivity contribution in [3.63, 3.8) is 0 Å². The summed E-state index contributed by atoms with van der Waals surface area (Å²) in [5, 5.41) is 0. The van der Waals surface area contributed by atoms with E-state index in [9.17, 15) is 4.57 Å². The molecule has 0 amide bonds. The Balaban J connectivity index is 4.68. The average molecular weight is 515 g/mol. The SMILES string of the molecule is CCCCCCCC(CCCCCC)CCP(C)(=O)OC(CCCCCCC)CCCCCCC. The van der Waals surface area contributed by atoms with Crippen LogP contribution in [0.25, 0.3) is 0 Å². The second kappa shape index (κ2) is 25.8. The van der Waals surface area contributed by atoms with Gasteiger partial charge < -0.3 is 4.52 Å². The molecule has 2 atom stereocenters. The van der Waals surface area contributed by atoms with E-state index in [1.165, 1.54) is 135 Å². The summed E-state index contributed by atoms with van der Waals surface area (Å²) in [4.78, 5) is 0. The second-order valence-electron chi connectivity index (χ2n) is 11.6. The molecule has 0 N–H and O–H groups in total. The van der Waals surface area contributed by atoms with Crippen LogP contribution in [-0.2, 0) is 9.09 Å². The predicted octanol–water partition coefficient (Wildman–Crippen LogP) is 12.3. The zero-order valence-corrected chi connectivity index (χ0v) is 26.0. The summed E-state index contributed by atoms with van der Waals surface area (Å²) in [6, 6.07) is 0. The Hall–Kier alpha value is 0.190. The first-order chi connectivity index (χ1) is 17.0. The van der Waals surface area contributed by atoms with Crippen LogP contribution in [0, 0.1) is 5.92 Å². The normalized spacial score (nSPS) is 14.5. The highest BCUT2D eigenvalue weighted by atomic mass is 31.2. The van der Waals surface area contributed by atoms with Crippen LogP contribution in [0.4, 0.5) is 0 Å². The van der Waals surface area contributed by atoms with E-state index in [1.54, 1.807) is 0 Å². The number of rotatable bonds is 28. The van der Waals surface area contributed by atoms with Crippen LogP contribution in [0.15, 0.2) is 0 Å². The Labute approximate surface area is 223 Å². The number of unbranched alkanes of at least 4 members (excludes halogenated alkanes) is 15. The van der Waals surface area contributed by atoms with Crippen molar-refractivity contribution in [2.24, 2.45) is 5.92 Å². The molecule has 2 nitrogen and oxygen atoms in total. The zero-order chi connectivity index (χ0) is 26.0. The fourth-order valence-corrected chi connectivity index (χ4v) is 7.10. The molecule has 0 aromatic heterocycles. The molecule has 0 saturated carbocycles. The summed E-state index contributed by atoms with van der Waals surface area (Å²) < 4.78 is 20.0. The van der Waals surface area contributed by atoms with Crippen LogP contribution < -0.4 is 0 Å². The zero-order valence-electron chi connectivity index (χ0n) is 25.1. The van der Waals surface area contributed by atoms with Gasteiger partial charge in [-0.3, -0.25) is 4.57 Å². The van der Waals surface area contributed by atoms with Crippen LogP contribution >= 0.6 is 7.37 Å². The van der Waals surface area contributed by atoms with E-state index in [2.05, 4.69) is 27.7 Å². The lowest BCUT2D eigenvalue weighted by molar-refractivity contribution is 0.176. The van der Waals surface area contributed by atoms with Crippen molar-refractivity contribution in [1.82, 2.24) is 0 Å². The second-order valence-corrected chi connectivity index (χ2v) is 14.3. The van der Waals surface area contributed by atoms with E-state index < -0.39 is 7.37 Å². The Bertz CT molecular complexity index is 450. The molecule has 2 unspecified atom stereocenters. The first-order valence-corrected chi connectivity index (χ1v) is 18.5. The monoisotopic (exact) mass is 514 g/mol. The van der Waals surface area contributed by atoms with E-state index in [-0.39, 0.29) is 6.10 Å². The van der Waals surface area contributed by atoms with Gasteiger partial charge in [-0.05, 0) is 25.2 Å². The molecule has 0 saturated heterocycles. The molecule has 0 aliphatic carbocycles. The number of hydrogen-bond acceptors (Lipinski definition) is 2. The Morgan fingerprint density at radius 1 is 0.486 bits per heavy atom. The minimum absolute atomic E-state index is 0.214. The van der Waals surface area contributed by atoms with Gasteiger partial charge >= 0.3 is 0 Å². The molecule has 0 aromatic rings. The highest BCUT2D eigenvalue weighted by Crippen LogP contribution is 2.47. The lowest BCUT2D eigenvalue weighted by Crippen LogP contribution is -2.14. The average Bonchev–Trinajstić information content (AvgIpc) is 2.83. The third-order valence-corrected chi connectivity index (χ3v) is 9.57. The lowest BCUT2D eigenvalue weighted by atomic mass is 9.92. The van der Waals surface area contributed by atoms with Gasteiger partial charge in [0.15, 0.2) is 7.37 Å². The van der Waals surface area contributed by atoms with Gasteiger partial charge in [0.2, 0.25) is 0 Å². The molecule has 35 heavy (non-hydrogen) atoms. The van der Waals surface area contributed by atoms with Crippen molar-refractivity contribution in [2.45, 2.75) is 188 Å². The van der Waals surface area contributed by atoms with E-state index >= 15 is 0 Å². The Morgan fingerprint density at radius 2 is 0.829 bits per heavy atom. The van der Waals surface area contributed by atoms with Crippen LogP contribution in [0.2, 0.25) is 0 Å². The molecule has 0 aliphatic rings. The Morgan fingerprint density at radius 3 is 1.23 bits per heavy atom. The van der Waals surface area contributed by atoms with Crippen LogP contribution in [0.1, 0.15) is 182 Å². The Kier molecular flexibility index (Phi) is 26.0. The predicted molar refractivity (Wildman–Crippen MR) is 160 cm³/mol. The van der Waals surface area contributed by atoms with Gasteiger partial charge in [0.1, 0.15) is 0 Å². The first-order valence-electron chi connectivity index (χ1n) is 16.2. The van der Waals surface area contributed by atoms with Gasteiger partial charge in [0, 0.05) is 12.8 Å². The summed E-state index contributed by atoms with van der Waals surface area (Å²) >= 11 is 0. The van der Waals surface area contributed by atoms with Gasteiger partial charge in [-0.25, -0.2) is 0 Å². The molecule has 0 aliphatic heterocycles. The first kappa shape index (κ1) is 35.2. The van der Waals surface area contributed by atoms with Gasteiger partial charge in [0.25, 0.3) is 0 Å². The quantitative estimate of drug-likeness (QED) is 0.0766. The fraction of sp³-hybridized carbons (Fsp3) is 1.00. The molecule has 0 spiro atoms. The maximum Gasteiger partial charge on any atom is 0.200 e. The molecule has 0 heterocycles. The van der Waals surface area contributed by atoms with Crippen molar-refractivity contribution in [2.75, 3.05) is 12.8 Å². The van der Waals surface area contributed by atoms with Crippen molar-refractivity contribution < 1.29 is 9.09 Å². The summed E-state index contributed by atoms with van der Waals surface area (Å²) in [5.41, 5.74) is 0. The van der Waals surface area contributed by atoms with E-state index in [1.807, 2.05) is 6.66 Å². The third kappa shape index (κ3) is 24.3. The van der Waals surface area contributed by atoms with Gasteiger partial charge in [0.05, 0.1) is 6.10 Å². The maximum atomic E-state index is 13.6. The van der Waals surface area contributed by atoms with Crippen molar-refractivity contribution in [1.29, 1.82) is 0 Å². The molecule has 212 valence electrons. The van der Waals surface area contributed by atoms with E-state index in [0.717, 1.165) is 31.3 Å². The highest BCUT2D eigenvalue weighted by Gasteiger charge is 2.23.